The predicted octanol–water partition coefficient (Wildman–Crippen LogP) is 5.00. The highest BCUT2D eigenvalue weighted by atomic mass is 35.5. The van der Waals surface area contributed by atoms with E-state index in [0.717, 1.165) is 48.7 Å². The van der Waals surface area contributed by atoms with Gasteiger partial charge in [0.2, 0.25) is 5.28 Å². The highest BCUT2D eigenvalue weighted by Gasteiger charge is 2.25. The Kier molecular flexibility index (Phi) is 8.08. The minimum atomic E-state index is -0.785. The van der Waals surface area contributed by atoms with E-state index in [-0.39, 0.29) is 17.6 Å². The fourth-order valence-corrected chi connectivity index (χ4v) is 4.84. The van der Waals surface area contributed by atoms with Gasteiger partial charge in [0.25, 0.3) is 0 Å². The van der Waals surface area contributed by atoms with Crippen LogP contribution in [0.25, 0.3) is 0 Å². The maximum atomic E-state index is 11.2. The van der Waals surface area contributed by atoms with Gasteiger partial charge < -0.3 is 14.7 Å². The second-order valence-electron chi connectivity index (χ2n) is 8.41. The van der Waals surface area contributed by atoms with Gasteiger partial charge in [0.15, 0.2) is 0 Å². The Bertz CT molecular complexity index is 852. The lowest BCUT2D eigenvalue weighted by Gasteiger charge is -2.38. The summed E-state index contributed by atoms with van der Waals surface area (Å²) in [6.07, 6.45) is 2.76. The van der Waals surface area contributed by atoms with Crippen LogP contribution in [0.5, 0.6) is 0 Å². The zero-order valence-electron chi connectivity index (χ0n) is 17.8. The zero-order valence-corrected chi connectivity index (χ0v) is 19.4. The van der Waals surface area contributed by atoms with Crippen LogP contribution in [0.2, 0.25) is 5.28 Å². The van der Waals surface area contributed by atoms with Gasteiger partial charge in [-0.25, -0.2) is 4.98 Å². The molecule has 2 aromatic rings. The van der Waals surface area contributed by atoms with Crippen molar-refractivity contribution in [3.63, 3.8) is 0 Å². The molecule has 2 heterocycles. The molecule has 0 bridgehead atoms. The largest absolute Gasteiger partial charge is 0.481 e. The number of hydrogen-bond donors (Lipinski definition) is 1. The Morgan fingerprint density at radius 2 is 2.07 bits per heavy atom. The molecule has 0 radical (unpaired) electrons. The van der Waals surface area contributed by atoms with Gasteiger partial charge in [-0.3, -0.25) is 4.79 Å². The van der Waals surface area contributed by atoms with E-state index in [1.807, 2.05) is 6.92 Å². The number of hydrogen-bond acceptors (Lipinski definition) is 6. The van der Waals surface area contributed by atoms with Gasteiger partial charge in [0.05, 0.1) is 6.42 Å². The number of aliphatic carboxylic acids is 1. The van der Waals surface area contributed by atoms with Crippen molar-refractivity contribution in [1.82, 2.24) is 9.36 Å². The number of carboxylic acids is 1. The number of carboxylic acid groups (broad SMARTS) is 1. The normalized spacial score (nSPS) is 16.0. The maximum Gasteiger partial charge on any atom is 0.303 e. The van der Waals surface area contributed by atoms with Gasteiger partial charge in [0.1, 0.15) is 5.01 Å². The first kappa shape index (κ1) is 23.0. The molecule has 0 saturated carbocycles. The lowest BCUT2D eigenvalue weighted by Crippen LogP contribution is -2.42. The molecule has 1 atom stereocenters. The van der Waals surface area contributed by atoms with Crippen LogP contribution < -0.4 is 4.90 Å². The number of rotatable bonds is 9. The van der Waals surface area contributed by atoms with Crippen molar-refractivity contribution in [3.05, 3.63) is 39.6 Å². The van der Waals surface area contributed by atoms with Gasteiger partial charge in [-0.2, -0.15) is 4.37 Å². The Hall–Kier alpha value is -1.70. The van der Waals surface area contributed by atoms with Crippen LogP contribution in [0.15, 0.2) is 18.2 Å². The highest BCUT2D eigenvalue weighted by Crippen LogP contribution is 2.33. The molecule has 1 saturated heterocycles. The molecule has 0 amide bonds. The van der Waals surface area contributed by atoms with Gasteiger partial charge in [-0.15, -0.1) is 0 Å². The molecule has 164 valence electrons. The average Bonchev–Trinajstić information content (AvgIpc) is 3.11. The maximum absolute atomic E-state index is 11.2. The zero-order chi connectivity index (χ0) is 21.7. The van der Waals surface area contributed by atoms with Crippen molar-refractivity contribution in [2.24, 2.45) is 5.92 Å². The van der Waals surface area contributed by atoms with Crippen LogP contribution in [0.4, 0.5) is 5.69 Å². The quantitative estimate of drug-likeness (QED) is 0.578. The summed E-state index contributed by atoms with van der Waals surface area (Å²) in [5, 5.41) is 10.3. The fraction of sp³-hybridized carbons (Fsp3) is 0.591. The summed E-state index contributed by atoms with van der Waals surface area (Å²) < 4.78 is 9.70. The molecule has 0 aliphatic carbocycles. The van der Waals surface area contributed by atoms with E-state index in [4.69, 9.17) is 16.3 Å². The monoisotopic (exact) mass is 451 g/mol. The Balaban J connectivity index is 1.99. The summed E-state index contributed by atoms with van der Waals surface area (Å²) in [6.45, 7) is 8.96. The van der Waals surface area contributed by atoms with Gasteiger partial charge in [-0.1, -0.05) is 32.9 Å². The van der Waals surface area contributed by atoms with E-state index in [2.05, 4.69) is 46.3 Å². The van der Waals surface area contributed by atoms with Crippen LogP contribution in [0.1, 0.15) is 62.1 Å². The third-order valence-electron chi connectivity index (χ3n) is 5.44. The molecule has 6 nitrogen and oxygen atoms in total. The first-order valence-corrected chi connectivity index (χ1v) is 11.7. The smallest absolute Gasteiger partial charge is 0.303 e. The molecule has 1 fully saturated rings. The molecule has 0 spiro atoms. The van der Waals surface area contributed by atoms with Crippen LogP contribution >= 0.6 is 23.1 Å². The molecule has 1 aliphatic rings. The second-order valence-corrected chi connectivity index (χ2v) is 9.59. The van der Waals surface area contributed by atoms with Crippen molar-refractivity contribution in [2.75, 3.05) is 24.7 Å². The van der Waals surface area contributed by atoms with E-state index in [1.54, 1.807) is 0 Å². The molecular formula is C22H30ClN3O3S. The van der Waals surface area contributed by atoms with Crippen molar-refractivity contribution < 1.29 is 14.6 Å². The van der Waals surface area contributed by atoms with Crippen LogP contribution in [-0.2, 0) is 16.0 Å². The first-order valence-electron chi connectivity index (χ1n) is 10.5. The number of anilines is 1. The van der Waals surface area contributed by atoms with Crippen molar-refractivity contribution in [1.29, 1.82) is 0 Å². The number of nitrogens with zero attached hydrogens (tertiary/aromatic N) is 3. The van der Waals surface area contributed by atoms with E-state index in [0.29, 0.717) is 18.4 Å². The van der Waals surface area contributed by atoms with E-state index >= 15 is 0 Å². The summed E-state index contributed by atoms with van der Waals surface area (Å²) in [4.78, 5) is 18.1. The Morgan fingerprint density at radius 3 is 2.67 bits per heavy atom. The number of benzene rings is 1. The molecule has 8 heteroatoms. The standard InChI is InChI=1S/C22H30ClN3O3S/c1-14(2)13-26(18-6-8-29-9-7-18)19-5-4-16(15(3)10-21(27)28)11-17(19)12-20-24-22(23)25-30-20/h4-5,11,14-15,18H,6-10,12-13H2,1-3H3,(H,27,28). The Morgan fingerprint density at radius 1 is 1.33 bits per heavy atom. The lowest BCUT2D eigenvalue weighted by atomic mass is 9.93. The van der Waals surface area contributed by atoms with Gasteiger partial charge in [0, 0.05) is 37.9 Å². The number of halogens is 1. The van der Waals surface area contributed by atoms with Gasteiger partial charge >= 0.3 is 5.97 Å². The first-order chi connectivity index (χ1) is 14.3. The third-order valence-corrected chi connectivity index (χ3v) is 6.42. The SMILES string of the molecule is CC(C)CN(c1ccc(C(C)CC(=O)O)cc1Cc1nc(Cl)ns1)C1CCOCC1. The Labute approximate surface area is 187 Å². The number of ether oxygens (including phenoxy) is 1. The average molecular weight is 452 g/mol. The molecule has 1 aromatic heterocycles. The van der Waals surface area contributed by atoms with Crippen LogP contribution in [-0.4, -0.2) is 46.2 Å². The van der Waals surface area contributed by atoms with Crippen LogP contribution in [0.3, 0.4) is 0 Å². The molecule has 1 N–H and O–H groups in total. The molecule has 3 rings (SSSR count). The van der Waals surface area contributed by atoms with Gasteiger partial charge in [-0.05, 0) is 65.0 Å². The highest BCUT2D eigenvalue weighted by molar-refractivity contribution is 7.05. The summed E-state index contributed by atoms with van der Waals surface area (Å²) in [5.41, 5.74) is 3.36. The molecule has 1 aliphatic heterocycles. The summed E-state index contributed by atoms with van der Waals surface area (Å²) >= 11 is 7.27. The molecule has 1 unspecified atom stereocenters. The van der Waals surface area contributed by atoms with Crippen molar-refractivity contribution in [2.45, 2.75) is 58.4 Å². The summed E-state index contributed by atoms with van der Waals surface area (Å²) in [6, 6.07) is 6.81. The van der Waals surface area contributed by atoms with E-state index in [1.165, 1.54) is 17.2 Å². The molecule has 30 heavy (non-hydrogen) atoms. The minimum absolute atomic E-state index is 0.0602. The molecular weight excluding hydrogens is 422 g/mol. The number of aromatic nitrogens is 2. The summed E-state index contributed by atoms with van der Waals surface area (Å²) in [5.74, 6) is -0.329. The van der Waals surface area contributed by atoms with E-state index < -0.39 is 5.97 Å². The fourth-order valence-electron chi connectivity index (χ4n) is 4.02. The third kappa shape index (κ3) is 6.15. The topological polar surface area (TPSA) is 75.6 Å². The van der Waals surface area contributed by atoms with Crippen LogP contribution in [0, 0.1) is 5.92 Å². The van der Waals surface area contributed by atoms with E-state index in [9.17, 15) is 9.90 Å². The molecule has 1 aromatic carbocycles. The lowest BCUT2D eigenvalue weighted by molar-refractivity contribution is -0.137. The summed E-state index contributed by atoms with van der Waals surface area (Å²) in [7, 11) is 0. The number of carbonyl (C=O) groups is 1. The minimum Gasteiger partial charge on any atom is -0.481 e. The van der Waals surface area contributed by atoms with Crippen molar-refractivity contribution in [3.8, 4) is 0 Å². The van der Waals surface area contributed by atoms with Crippen molar-refractivity contribution >= 4 is 34.8 Å². The second kappa shape index (κ2) is 10.6. The predicted molar refractivity (Wildman–Crippen MR) is 121 cm³/mol.